The molecule has 1 N–H and O–H groups in total. The molecule has 7 heteroatoms. The third-order valence-corrected chi connectivity index (χ3v) is 5.40. The molecule has 0 aliphatic carbocycles. The Balaban J connectivity index is 0.00000392. The summed E-state index contributed by atoms with van der Waals surface area (Å²) in [6, 6.07) is 9.06. The average Bonchev–Trinajstić information content (AvgIpc) is 2.69. The monoisotopic (exact) mass is 502 g/mol. The Morgan fingerprint density at radius 3 is 2.43 bits per heavy atom. The first-order valence-corrected chi connectivity index (χ1v) is 9.76. The smallest absolute Gasteiger partial charge is 0.308 e. The number of ether oxygens (including phenoxy) is 1. The molecule has 28 heavy (non-hydrogen) atoms. The van der Waals surface area contributed by atoms with Crippen molar-refractivity contribution in [1.82, 2.24) is 15.1 Å². The summed E-state index contributed by atoms with van der Waals surface area (Å²) in [5.41, 5.74) is 2.62. The molecule has 1 saturated heterocycles. The second-order valence-corrected chi connectivity index (χ2v) is 7.46. The number of piperidine rings is 1. The number of rotatable bonds is 6. The van der Waals surface area contributed by atoms with E-state index in [-0.39, 0.29) is 35.9 Å². The number of benzene rings is 1. The Morgan fingerprint density at radius 1 is 1.29 bits per heavy atom. The first-order chi connectivity index (χ1) is 13.0. The summed E-state index contributed by atoms with van der Waals surface area (Å²) in [5.74, 6) is 0.808. The number of nitrogens with one attached hydrogen (secondary N) is 1. The predicted molar refractivity (Wildman–Crippen MR) is 125 cm³/mol. The zero-order valence-corrected chi connectivity index (χ0v) is 20.1. The van der Waals surface area contributed by atoms with Crippen LogP contribution in [0.2, 0.25) is 0 Å². The number of guanidine groups is 1. The van der Waals surface area contributed by atoms with Crippen molar-refractivity contribution in [3.8, 4) is 0 Å². The molecule has 0 saturated carbocycles. The molecule has 158 valence electrons. The predicted octanol–water partition coefficient (Wildman–Crippen LogP) is 3.11. The Bertz CT molecular complexity index is 643. The SMILES string of the molecule is CN=C(NCc1ccccc1CN(C)C(C)C)N1CCC(C(=O)OC)CC1.I. The fourth-order valence-electron chi connectivity index (χ4n) is 3.34. The zero-order chi connectivity index (χ0) is 19.8. The van der Waals surface area contributed by atoms with Gasteiger partial charge in [0.25, 0.3) is 0 Å². The van der Waals surface area contributed by atoms with E-state index in [0.29, 0.717) is 6.04 Å². The normalized spacial score (nSPS) is 15.5. The van der Waals surface area contributed by atoms with Crippen LogP contribution in [0.25, 0.3) is 0 Å². The molecule has 2 rings (SSSR count). The number of halogens is 1. The minimum atomic E-state index is -0.0965. The highest BCUT2D eigenvalue weighted by Crippen LogP contribution is 2.19. The highest BCUT2D eigenvalue weighted by Gasteiger charge is 2.27. The highest BCUT2D eigenvalue weighted by atomic mass is 127. The van der Waals surface area contributed by atoms with Gasteiger partial charge in [-0.2, -0.15) is 0 Å². The molecule has 1 aliphatic heterocycles. The Kier molecular flexibility index (Phi) is 10.8. The van der Waals surface area contributed by atoms with Gasteiger partial charge in [-0.3, -0.25) is 14.7 Å². The fraction of sp³-hybridized carbons (Fsp3) is 0.619. The summed E-state index contributed by atoms with van der Waals surface area (Å²) in [5, 5.41) is 3.50. The van der Waals surface area contributed by atoms with Gasteiger partial charge < -0.3 is 15.0 Å². The summed E-state index contributed by atoms with van der Waals surface area (Å²) < 4.78 is 4.87. The number of nitrogens with zero attached hydrogens (tertiary/aromatic N) is 3. The number of carbonyl (C=O) groups is 1. The molecule has 1 fully saturated rings. The maximum Gasteiger partial charge on any atom is 0.308 e. The van der Waals surface area contributed by atoms with E-state index in [4.69, 9.17) is 4.74 Å². The lowest BCUT2D eigenvalue weighted by molar-refractivity contribution is -0.146. The second-order valence-electron chi connectivity index (χ2n) is 7.46. The van der Waals surface area contributed by atoms with Crippen molar-refractivity contribution < 1.29 is 9.53 Å². The molecule has 0 aromatic heterocycles. The number of carbonyl (C=O) groups excluding carboxylic acids is 1. The maximum absolute atomic E-state index is 11.7. The van der Waals surface area contributed by atoms with E-state index in [0.717, 1.165) is 45.0 Å². The highest BCUT2D eigenvalue weighted by molar-refractivity contribution is 14.0. The van der Waals surface area contributed by atoms with E-state index >= 15 is 0 Å². The van der Waals surface area contributed by atoms with Gasteiger partial charge in [-0.05, 0) is 44.9 Å². The molecule has 1 heterocycles. The minimum Gasteiger partial charge on any atom is -0.469 e. The molecule has 0 unspecified atom stereocenters. The Morgan fingerprint density at radius 2 is 1.89 bits per heavy atom. The van der Waals surface area contributed by atoms with Gasteiger partial charge in [-0.25, -0.2) is 0 Å². The summed E-state index contributed by atoms with van der Waals surface area (Å²) in [4.78, 5) is 20.7. The maximum atomic E-state index is 11.7. The molecular formula is C21H35IN4O2. The molecule has 6 nitrogen and oxygen atoms in total. The lowest BCUT2D eigenvalue weighted by Gasteiger charge is -2.33. The number of esters is 1. The van der Waals surface area contributed by atoms with E-state index in [1.54, 1.807) is 0 Å². The van der Waals surface area contributed by atoms with Crippen molar-refractivity contribution in [2.45, 2.75) is 45.8 Å². The van der Waals surface area contributed by atoms with Gasteiger partial charge in [-0.1, -0.05) is 24.3 Å². The molecule has 1 aromatic carbocycles. The Hall–Kier alpha value is -1.35. The molecule has 0 bridgehead atoms. The van der Waals surface area contributed by atoms with Gasteiger partial charge >= 0.3 is 5.97 Å². The quantitative estimate of drug-likeness (QED) is 0.281. The molecule has 0 amide bonds. The van der Waals surface area contributed by atoms with Gasteiger partial charge in [0.2, 0.25) is 0 Å². The summed E-state index contributed by atoms with van der Waals surface area (Å²) >= 11 is 0. The molecule has 0 spiro atoms. The van der Waals surface area contributed by atoms with Crippen LogP contribution in [-0.2, 0) is 22.6 Å². The number of hydrogen-bond donors (Lipinski definition) is 1. The Labute approximate surface area is 186 Å². The van der Waals surface area contributed by atoms with Crippen LogP contribution >= 0.6 is 24.0 Å². The average molecular weight is 502 g/mol. The van der Waals surface area contributed by atoms with Crippen LogP contribution < -0.4 is 5.32 Å². The standard InChI is InChI=1S/C21H34N4O2.HI/c1-16(2)24(4)15-19-9-7-6-8-18(19)14-23-21(22-3)25-12-10-17(11-13-25)20(26)27-5;/h6-9,16-17H,10-15H2,1-5H3,(H,22,23);1H. The van der Waals surface area contributed by atoms with Gasteiger partial charge in [0.15, 0.2) is 5.96 Å². The van der Waals surface area contributed by atoms with Gasteiger partial charge in [0.1, 0.15) is 0 Å². The fourth-order valence-corrected chi connectivity index (χ4v) is 3.34. The second kappa shape index (κ2) is 12.3. The molecule has 1 aliphatic rings. The van der Waals surface area contributed by atoms with Crippen molar-refractivity contribution in [1.29, 1.82) is 0 Å². The van der Waals surface area contributed by atoms with Crippen molar-refractivity contribution in [2.24, 2.45) is 10.9 Å². The van der Waals surface area contributed by atoms with Crippen LogP contribution in [0.3, 0.4) is 0 Å². The van der Waals surface area contributed by atoms with Crippen molar-refractivity contribution in [3.05, 3.63) is 35.4 Å². The zero-order valence-electron chi connectivity index (χ0n) is 17.8. The largest absolute Gasteiger partial charge is 0.469 e. The van der Waals surface area contributed by atoms with Crippen molar-refractivity contribution in [3.63, 3.8) is 0 Å². The third-order valence-electron chi connectivity index (χ3n) is 5.40. The first-order valence-electron chi connectivity index (χ1n) is 9.76. The van der Waals surface area contributed by atoms with Crippen LogP contribution in [0.4, 0.5) is 0 Å². The number of likely N-dealkylation sites (tertiary alicyclic amines) is 1. The van der Waals surface area contributed by atoms with E-state index in [1.807, 2.05) is 7.05 Å². The van der Waals surface area contributed by atoms with Crippen LogP contribution in [0, 0.1) is 5.92 Å². The lowest BCUT2D eigenvalue weighted by atomic mass is 9.97. The molecular weight excluding hydrogens is 467 g/mol. The first kappa shape index (κ1) is 24.7. The van der Waals surface area contributed by atoms with E-state index in [2.05, 4.69) is 65.3 Å². The topological polar surface area (TPSA) is 57.2 Å². The van der Waals surface area contributed by atoms with E-state index < -0.39 is 0 Å². The summed E-state index contributed by atoms with van der Waals surface area (Å²) in [7, 11) is 5.43. The molecule has 1 aromatic rings. The number of hydrogen-bond acceptors (Lipinski definition) is 4. The number of aliphatic imine (C=N–C) groups is 1. The lowest BCUT2D eigenvalue weighted by Crippen LogP contribution is -2.46. The van der Waals surface area contributed by atoms with Crippen LogP contribution in [0.5, 0.6) is 0 Å². The van der Waals surface area contributed by atoms with E-state index in [9.17, 15) is 4.79 Å². The van der Waals surface area contributed by atoms with Crippen LogP contribution in [0.1, 0.15) is 37.8 Å². The van der Waals surface area contributed by atoms with Crippen molar-refractivity contribution >= 4 is 35.9 Å². The van der Waals surface area contributed by atoms with E-state index in [1.165, 1.54) is 18.2 Å². The minimum absolute atomic E-state index is 0. The molecule has 0 atom stereocenters. The molecule has 0 radical (unpaired) electrons. The summed E-state index contributed by atoms with van der Waals surface area (Å²) in [6.45, 7) is 7.72. The van der Waals surface area contributed by atoms with Gasteiger partial charge in [0, 0.05) is 39.3 Å². The van der Waals surface area contributed by atoms with Crippen LogP contribution in [0.15, 0.2) is 29.3 Å². The third kappa shape index (κ3) is 6.92. The van der Waals surface area contributed by atoms with Crippen LogP contribution in [-0.4, -0.2) is 62.1 Å². The number of methoxy groups -OCH3 is 1. The van der Waals surface area contributed by atoms with Crippen molar-refractivity contribution in [2.75, 3.05) is 34.3 Å². The van der Waals surface area contributed by atoms with Gasteiger partial charge in [0.05, 0.1) is 13.0 Å². The van der Waals surface area contributed by atoms with Gasteiger partial charge in [-0.15, -0.1) is 24.0 Å². The summed E-state index contributed by atoms with van der Waals surface area (Å²) in [6.07, 6.45) is 1.62.